The van der Waals surface area contributed by atoms with E-state index in [1.54, 1.807) is 6.20 Å². The highest BCUT2D eigenvalue weighted by molar-refractivity contribution is 5.67. The number of hydrogen-bond acceptors (Lipinski definition) is 7. The summed E-state index contributed by atoms with van der Waals surface area (Å²) >= 11 is 0. The highest BCUT2D eigenvalue weighted by Crippen LogP contribution is 2.35. The fraction of sp³-hybridized carbons (Fsp3) is 0.326. The summed E-state index contributed by atoms with van der Waals surface area (Å²) in [6.07, 6.45) is 7.26. The Labute approximate surface area is 295 Å². The second-order valence-corrected chi connectivity index (χ2v) is 13.1. The van der Waals surface area contributed by atoms with E-state index in [-0.39, 0.29) is 0 Å². The first kappa shape index (κ1) is 33.6. The number of hydrogen-bond donors (Lipinski definition) is 0. The molecule has 0 amide bonds. The lowest BCUT2D eigenvalue weighted by Crippen LogP contribution is -2.03. The van der Waals surface area contributed by atoms with Gasteiger partial charge in [-0.3, -0.25) is 0 Å². The largest absolute Gasteiger partial charge is 0.493 e. The summed E-state index contributed by atoms with van der Waals surface area (Å²) in [5, 5.41) is 0. The van der Waals surface area contributed by atoms with Crippen LogP contribution in [-0.2, 0) is 9.47 Å². The summed E-state index contributed by atoms with van der Waals surface area (Å²) in [5.41, 5.74) is 6.50. The number of rotatable bonds is 16. The van der Waals surface area contributed by atoms with Gasteiger partial charge in [-0.25, -0.2) is 4.98 Å². The van der Waals surface area contributed by atoms with Crippen LogP contribution >= 0.6 is 0 Å². The van der Waals surface area contributed by atoms with E-state index in [0.717, 1.165) is 82.1 Å². The molecule has 0 bridgehead atoms. The van der Waals surface area contributed by atoms with E-state index in [1.807, 2.05) is 55.5 Å². The Morgan fingerprint density at radius 1 is 0.520 bits per heavy atom. The van der Waals surface area contributed by atoms with E-state index >= 15 is 0 Å². The Bertz CT molecular complexity index is 1760. The summed E-state index contributed by atoms with van der Waals surface area (Å²) in [5.74, 6) is 4.38. The standard InChI is InChI=1S/C43H45NO6/c1-5-37-41(48-37)20-23-45-34-13-7-30(8-14-34)32-11-17-39(28(3)25-32)47-36-19-22-44-43(27-36)50-40-18-12-33(26-29(40)4)31-9-15-35(16-10-31)46-24-21-42-38(6-2)49-42/h7-19,22,25-27,37-38,41-42H,5-6,20-21,23-24H2,1-4H3. The van der Waals surface area contributed by atoms with Crippen LogP contribution in [0.25, 0.3) is 22.3 Å². The van der Waals surface area contributed by atoms with Gasteiger partial charge >= 0.3 is 0 Å². The summed E-state index contributed by atoms with van der Waals surface area (Å²) in [4.78, 5) is 4.44. The van der Waals surface area contributed by atoms with Crippen LogP contribution in [0.4, 0.5) is 0 Å². The van der Waals surface area contributed by atoms with Crippen LogP contribution in [-0.4, -0.2) is 42.6 Å². The first-order valence-electron chi connectivity index (χ1n) is 17.8. The Balaban J connectivity index is 0.924. The molecule has 50 heavy (non-hydrogen) atoms. The van der Waals surface area contributed by atoms with E-state index in [0.29, 0.717) is 49.3 Å². The molecule has 7 rings (SSSR count). The van der Waals surface area contributed by atoms with Gasteiger partial charge in [0.1, 0.15) is 28.7 Å². The molecule has 0 N–H and O–H groups in total. The Kier molecular flexibility index (Phi) is 10.3. The molecule has 2 fully saturated rings. The molecule has 2 saturated heterocycles. The fourth-order valence-electron chi connectivity index (χ4n) is 6.29. The van der Waals surface area contributed by atoms with Crippen molar-refractivity contribution in [3.63, 3.8) is 0 Å². The monoisotopic (exact) mass is 671 g/mol. The molecule has 0 saturated carbocycles. The SMILES string of the molecule is CCC1OC1CCOc1ccc(-c2ccc(Oc3ccnc(Oc4ccc(-c5ccc(OCCC6OC6CC)cc5)cc4C)c3)c(C)c2)cc1. The Morgan fingerprint density at radius 3 is 1.46 bits per heavy atom. The van der Waals surface area contributed by atoms with Gasteiger partial charge in [0.05, 0.1) is 37.6 Å². The van der Waals surface area contributed by atoms with E-state index in [9.17, 15) is 0 Å². The fourth-order valence-corrected chi connectivity index (χ4v) is 6.29. The van der Waals surface area contributed by atoms with Crippen molar-refractivity contribution in [2.45, 2.75) is 77.8 Å². The number of aromatic nitrogens is 1. The zero-order valence-corrected chi connectivity index (χ0v) is 29.3. The molecular formula is C43H45NO6. The molecule has 7 heteroatoms. The van der Waals surface area contributed by atoms with Gasteiger partial charge in [-0.1, -0.05) is 50.2 Å². The summed E-state index contributed by atoms with van der Waals surface area (Å²) in [6, 6.07) is 32.5. The van der Waals surface area contributed by atoms with Gasteiger partial charge < -0.3 is 28.4 Å². The molecule has 4 aromatic carbocycles. The summed E-state index contributed by atoms with van der Waals surface area (Å²) < 4.78 is 35.6. The van der Waals surface area contributed by atoms with Crippen molar-refractivity contribution in [2.24, 2.45) is 0 Å². The predicted octanol–water partition coefficient (Wildman–Crippen LogP) is 10.5. The maximum absolute atomic E-state index is 6.28. The molecule has 4 unspecified atom stereocenters. The van der Waals surface area contributed by atoms with Crippen LogP contribution in [0.2, 0.25) is 0 Å². The number of epoxide rings is 2. The number of ether oxygens (including phenoxy) is 6. The van der Waals surface area contributed by atoms with Gasteiger partial charge in [0.25, 0.3) is 0 Å². The second kappa shape index (κ2) is 15.4. The van der Waals surface area contributed by atoms with E-state index in [1.165, 1.54) is 0 Å². The molecule has 4 atom stereocenters. The van der Waals surface area contributed by atoms with Crippen LogP contribution in [0, 0.1) is 13.8 Å². The summed E-state index contributed by atoms with van der Waals surface area (Å²) in [7, 11) is 0. The summed E-state index contributed by atoms with van der Waals surface area (Å²) in [6.45, 7) is 9.74. The topological polar surface area (TPSA) is 74.9 Å². The zero-order valence-electron chi connectivity index (χ0n) is 29.3. The Hall–Kier alpha value is -4.85. The van der Waals surface area contributed by atoms with E-state index in [2.05, 4.69) is 74.3 Å². The average Bonchev–Trinajstić information content (AvgIpc) is 4.07. The van der Waals surface area contributed by atoms with Crippen molar-refractivity contribution in [1.82, 2.24) is 4.98 Å². The van der Waals surface area contributed by atoms with Crippen LogP contribution < -0.4 is 18.9 Å². The molecule has 258 valence electrons. The molecular weight excluding hydrogens is 626 g/mol. The molecule has 5 aromatic rings. The number of benzene rings is 4. The van der Waals surface area contributed by atoms with Crippen molar-refractivity contribution >= 4 is 0 Å². The lowest BCUT2D eigenvalue weighted by Gasteiger charge is -2.13. The maximum atomic E-state index is 6.28. The van der Waals surface area contributed by atoms with Gasteiger partial charge in [-0.15, -0.1) is 0 Å². The molecule has 1 aromatic heterocycles. The molecule has 0 radical (unpaired) electrons. The van der Waals surface area contributed by atoms with E-state index < -0.39 is 0 Å². The highest BCUT2D eigenvalue weighted by atomic mass is 16.6. The van der Waals surface area contributed by atoms with Crippen molar-refractivity contribution in [1.29, 1.82) is 0 Å². The van der Waals surface area contributed by atoms with Crippen molar-refractivity contribution in [2.75, 3.05) is 13.2 Å². The van der Waals surface area contributed by atoms with Crippen molar-refractivity contribution in [3.8, 4) is 56.9 Å². The molecule has 2 aliphatic heterocycles. The van der Waals surface area contributed by atoms with Gasteiger partial charge in [0.15, 0.2) is 0 Å². The average molecular weight is 672 g/mol. The van der Waals surface area contributed by atoms with Crippen LogP contribution in [0.5, 0.6) is 34.6 Å². The van der Waals surface area contributed by atoms with Gasteiger partial charge in [0, 0.05) is 25.1 Å². The third-order valence-electron chi connectivity index (χ3n) is 9.40. The molecule has 3 heterocycles. The van der Waals surface area contributed by atoms with Crippen molar-refractivity contribution in [3.05, 3.63) is 114 Å². The van der Waals surface area contributed by atoms with Gasteiger partial charge in [-0.05, 0) is 115 Å². The minimum atomic E-state index is 0.359. The van der Waals surface area contributed by atoms with Crippen LogP contribution in [0.1, 0.15) is 50.7 Å². The van der Waals surface area contributed by atoms with Gasteiger partial charge in [0.2, 0.25) is 5.88 Å². The lowest BCUT2D eigenvalue weighted by molar-refractivity contribution is 0.280. The smallest absolute Gasteiger partial charge is 0.222 e. The minimum absolute atomic E-state index is 0.359. The quantitative estimate of drug-likeness (QED) is 0.0967. The second-order valence-electron chi connectivity index (χ2n) is 13.1. The first-order valence-corrected chi connectivity index (χ1v) is 17.8. The van der Waals surface area contributed by atoms with E-state index in [4.69, 9.17) is 28.4 Å². The third-order valence-corrected chi connectivity index (χ3v) is 9.40. The number of pyridine rings is 1. The minimum Gasteiger partial charge on any atom is -0.493 e. The van der Waals surface area contributed by atoms with Gasteiger partial charge in [-0.2, -0.15) is 0 Å². The van der Waals surface area contributed by atoms with Crippen LogP contribution in [0.3, 0.4) is 0 Å². The first-order chi connectivity index (χ1) is 24.4. The molecule has 7 nitrogen and oxygen atoms in total. The highest BCUT2D eigenvalue weighted by Gasteiger charge is 2.37. The molecule has 0 aliphatic carbocycles. The normalized spacial score (nSPS) is 19.1. The maximum Gasteiger partial charge on any atom is 0.222 e. The third kappa shape index (κ3) is 8.47. The number of aryl methyl sites for hydroxylation is 2. The lowest BCUT2D eigenvalue weighted by atomic mass is 10.0. The van der Waals surface area contributed by atoms with Crippen LogP contribution in [0.15, 0.2) is 103 Å². The van der Waals surface area contributed by atoms with Crippen molar-refractivity contribution < 1.29 is 28.4 Å². The zero-order chi connectivity index (χ0) is 34.5. The molecule has 2 aliphatic rings. The Morgan fingerprint density at radius 2 is 1.00 bits per heavy atom. The predicted molar refractivity (Wildman–Crippen MR) is 196 cm³/mol. The number of nitrogens with zero attached hydrogens (tertiary/aromatic N) is 1. The molecule has 0 spiro atoms.